The number of hydrogen-bond acceptors (Lipinski definition) is 9. The largest absolute Gasteiger partial charge is 0.505 e. The van der Waals surface area contributed by atoms with Crippen LogP contribution in [0.3, 0.4) is 0 Å². The Morgan fingerprint density at radius 2 is 1.91 bits per heavy atom. The smallest absolute Gasteiger partial charge is 0.377 e. The minimum absolute atomic E-state index is 0.520. The highest BCUT2D eigenvalue weighted by Crippen LogP contribution is 2.20. The van der Waals surface area contributed by atoms with Crippen LogP contribution >= 0.6 is 0 Å². The second-order valence-electron chi connectivity index (χ2n) is 4.54. The molecule has 10 heteroatoms. The molecule has 10 nitrogen and oxygen atoms in total. The highest BCUT2D eigenvalue weighted by molar-refractivity contribution is 5.89. The first-order valence-corrected chi connectivity index (χ1v) is 6.56. The van der Waals surface area contributed by atoms with Crippen molar-refractivity contribution in [3.63, 3.8) is 0 Å². The van der Waals surface area contributed by atoms with Crippen LogP contribution in [0, 0.1) is 0 Å². The van der Waals surface area contributed by atoms with Crippen molar-refractivity contribution in [3.8, 4) is 0 Å². The maximum Gasteiger partial charge on any atom is 0.377 e. The molecule has 128 valence electrons. The van der Waals surface area contributed by atoms with Crippen LogP contribution < -0.4 is 11.5 Å². The van der Waals surface area contributed by atoms with Crippen molar-refractivity contribution in [2.75, 3.05) is 13.2 Å². The number of carbonyl (C=O) groups is 2. The van der Waals surface area contributed by atoms with Gasteiger partial charge >= 0.3 is 11.9 Å². The molecule has 0 spiro atoms. The third kappa shape index (κ3) is 6.26. The molecule has 1 aliphatic heterocycles. The lowest BCUT2D eigenvalue weighted by Crippen LogP contribution is -2.31. The first kappa shape index (κ1) is 20.1. The number of carbonyl (C=O) groups excluding carboxylic acids is 1. The molecule has 0 aliphatic carbocycles. The molecule has 9 N–H and O–H groups in total. The van der Waals surface area contributed by atoms with Crippen LogP contribution in [-0.2, 0) is 14.3 Å². The number of hydrogen-bond donors (Lipinski definition) is 7. The Morgan fingerprint density at radius 1 is 1.32 bits per heavy atom. The number of ether oxygens (including phenoxy) is 1. The number of esters is 1. The second kappa shape index (κ2) is 9.95. The Hall–Kier alpha value is -1.88. The van der Waals surface area contributed by atoms with Gasteiger partial charge in [-0.15, -0.1) is 0 Å². The highest BCUT2D eigenvalue weighted by atomic mass is 16.6. The zero-order valence-electron chi connectivity index (χ0n) is 11.9. The van der Waals surface area contributed by atoms with E-state index < -0.39 is 48.3 Å². The van der Waals surface area contributed by atoms with Crippen LogP contribution in [0.15, 0.2) is 11.5 Å². The van der Waals surface area contributed by atoms with Gasteiger partial charge in [0.1, 0.15) is 12.1 Å². The monoisotopic (exact) mass is 322 g/mol. The minimum atomic E-state index is -1.42. The third-order valence-corrected chi connectivity index (χ3v) is 2.76. The van der Waals surface area contributed by atoms with Crippen molar-refractivity contribution in [2.24, 2.45) is 11.5 Å². The zero-order valence-corrected chi connectivity index (χ0v) is 11.9. The van der Waals surface area contributed by atoms with Gasteiger partial charge < -0.3 is 41.7 Å². The van der Waals surface area contributed by atoms with Gasteiger partial charge in [0.15, 0.2) is 11.9 Å². The highest BCUT2D eigenvalue weighted by Gasteiger charge is 2.38. The topological polar surface area (TPSA) is 197 Å². The number of rotatable bonds is 7. The number of aliphatic hydroxyl groups is 4. The molecule has 22 heavy (non-hydrogen) atoms. The molecule has 0 radical (unpaired) electrons. The molecule has 0 fully saturated rings. The number of unbranched alkanes of at least 4 members (excludes halogenated alkanes) is 1. The molecule has 0 bridgehead atoms. The van der Waals surface area contributed by atoms with E-state index in [4.69, 9.17) is 37.0 Å². The molecule has 0 amide bonds. The van der Waals surface area contributed by atoms with E-state index in [1.807, 2.05) is 0 Å². The molecule has 3 atom stereocenters. The van der Waals surface area contributed by atoms with Crippen molar-refractivity contribution in [1.82, 2.24) is 0 Å². The summed E-state index contributed by atoms with van der Waals surface area (Å²) in [6.45, 7) is -0.0678. The van der Waals surface area contributed by atoms with Crippen molar-refractivity contribution >= 4 is 11.9 Å². The predicted molar refractivity (Wildman–Crippen MR) is 73.8 cm³/mol. The Bertz CT molecular complexity index is 412. The average molecular weight is 322 g/mol. The van der Waals surface area contributed by atoms with Gasteiger partial charge in [0.2, 0.25) is 5.76 Å². The molecule has 0 aromatic carbocycles. The Labute approximate surface area is 126 Å². The average Bonchev–Trinajstić information content (AvgIpc) is 2.74. The molecule has 1 heterocycles. The second-order valence-corrected chi connectivity index (χ2v) is 4.54. The van der Waals surface area contributed by atoms with E-state index in [0.717, 1.165) is 12.8 Å². The molecular formula is C12H22N2O8. The van der Waals surface area contributed by atoms with E-state index in [9.17, 15) is 9.59 Å². The number of carboxylic acid groups (broad SMARTS) is 1. The van der Waals surface area contributed by atoms with Crippen LogP contribution in [0.4, 0.5) is 0 Å². The van der Waals surface area contributed by atoms with Crippen LogP contribution in [0.1, 0.15) is 19.3 Å². The van der Waals surface area contributed by atoms with E-state index in [1.165, 1.54) is 0 Å². The molecule has 0 aromatic heterocycles. The van der Waals surface area contributed by atoms with Crippen LogP contribution in [0.25, 0.3) is 0 Å². The number of carboxylic acids is 1. The summed E-state index contributed by atoms with van der Waals surface area (Å²) in [6, 6.07) is -0.716. The minimum Gasteiger partial charge on any atom is -0.505 e. The Balaban J connectivity index is 0.000000409. The van der Waals surface area contributed by atoms with Gasteiger partial charge in [0, 0.05) is 0 Å². The van der Waals surface area contributed by atoms with E-state index in [0.29, 0.717) is 13.0 Å². The SMILES string of the molecule is NCCCC[C@H](N)C(=O)O.O=C1O[C@H]([C@@H](O)CO)C(O)=C1O. The van der Waals surface area contributed by atoms with Crippen LogP contribution in [0.2, 0.25) is 0 Å². The van der Waals surface area contributed by atoms with E-state index in [1.54, 1.807) is 0 Å². The fourth-order valence-electron chi connectivity index (χ4n) is 1.45. The Kier molecular flexibility index (Phi) is 9.10. The van der Waals surface area contributed by atoms with Crippen molar-refractivity contribution < 1.29 is 39.9 Å². The van der Waals surface area contributed by atoms with Crippen LogP contribution in [0.5, 0.6) is 0 Å². The predicted octanol–water partition coefficient (Wildman–Crippen LogP) is -1.88. The first-order valence-electron chi connectivity index (χ1n) is 6.56. The van der Waals surface area contributed by atoms with Gasteiger partial charge in [-0.2, -0.15) is 0 Å². The normalized spacial score (nSPS) is 20.0. The molecular weight excluding hydrogens is 300 g/mol. The summed E-state index contributed by atoms with van der Waals surface area (Å²) >= 11 is 0. The van der Waals surface area contributed by atoms with E-state index in [2.05, 4.69) is 4.74 Å². The molecule has 1 aliphatic rings. The van der Waals surface area contributed by atoms with E-state index >= 15 is 0 Å². The first-order chi connectivity index (χ1) is 10.3. The molecule has 1 rings (SSSR count). The van der Waals surface area contributed by atoms with Gasteiger partial charge in [-0.3, -0.25) is 4.79 Å². The lowest BCUT2D eigenvalue weighted by atomic mass is 10.1. The molecule has 0 aromatic rings. The van der Waals surface area contributed by atoms with Crippen molar-refractivity contribution in [3.05, 3.63) is 11.5 Å². The summed E-state index contributed by atoms with van der Waals surface area (Å²) in [6.07, 6.45) is -0.613. The lowest BCUT2D eigenvalue weighted by molar-refractivity contribution is -0.147. The van der Waals surface area contributed by atoms with Gasteiger partial charge in [-0.1, -0.05) is 6.42 Å². The number of cyclic esters (lactones) is 1. The summed E-state index contributed by atoms with van der Waals surface area (Å²) in [5.74, 6) is -3.71. The maximum absolute atomic E-state index is 10.5. The summed E-state index contributed by atoms with van der Waals surface area (Å²) < 4.78 is 4.32. The lowest BCUT2D eigenvalue weighted by Gasteiger charge is -2.13. The Morgan fingerprint density at radius 3 is 2.27 bits per heavy atom. The van der Waals surface area contributed by atoms with Crippen molar-refractivity contribution in [2.45, 2.75) is 37.5 Å². The van der Waals surface area contributed by atoms with Gasteiger partial charge in [0.25, 0.3) is 0 Å². The number of nitrogens with two attached hydrogens (primary N) is 2. The fourth-order valence-corrected chi connectivity index (χ4v) is 1.45. The van der Waals surface area contributed by atoms with Gasteiger partial charge in [-0.25, -0.2) is 4.79 Å². The molecule has 0 saturated heterocycles. The van der Waals surface area contributed by atoms with Gasteiger partial charge in [-0.05, 0) is 19.4 Å². The summed E-state index contributed by atoms with van der Waals surface area (Å²) in [4.78, 5) is 20.7. The quantitative estimate of drug-likeness (QED) is 0.206. The zero-order chi connectivity index (χ0) is 17.3. The third-order valence-electron chi connectivity index (χ3n) is 2.76. The standard InChI is InChI=1S/C6H14N2O2.C6H8O6/c7-4-2-1-3-5(8)6(9)10;7-1-2(8)5-3(9)4(10)6(11)12-5/h5H,1-4,7-8H2,(H,9,10);2,5,7-10H,1H2/t5-;2-,5+/m00/s1. The van der Waals surface area contributed by atoms with E-state index in [-0.39, 0.29) is 0 Å². The van der Waals surface area contributed by atoms with Crippen LogP contribution in [-0.4, -0.2) is 68.9 Å². The summed E-state index contributed by atoms with van der Waals surface area (Å²) in [7, 11) is 0. The summed E-state index contributed by atoms with van der Waals surface area (Å²) in [5.41, 5.74) is 10.4. The summed E-state index contributed by atoms with van der Waals surface area (Å²) in [5, 5.41) is 43.4. The van der Waals surface area contributed by atoms with Crippen molar-refractivity contribution in [1.29, 1.82) is 0 Å². The number of aliphatic carboxylic acids is 1. The fraction of sp³-hybridized carbons (Fsp3) is 0.667. The molecule has 0 unspecified atom stereocenters. The maximum atomic E-state index is 10.5. The number of aliphatic hydroxyl groups excluding tert-OH is 4. The molecule has 0 saturated carbocycles. The van der Waals surface area contributed by atoms with Gasteiger partial charge in [0.05, 0.1) is 6.61 Å².